The zero-order valence-electron chi connectivity index (χ0n) is 10.9. The van der Waals surface area contributed by atoms with E-state index < -0.39 is 10.0 Å². The third-order valence-electron chi connectivity index (χ3n) is 4.34. The molecule has 1 heterocycles. The molecule has 1 aliphatic carbocycles. The van der Waals surface area contributed by atoms with Gasteiger partial charge in [0.05, 0.1) is 5.25 Å². The van der Waals surface area contributed by atoms with Crippen LogP contribution in [-0.4, -0.2) is 44.2 Å². The highest BCUT2D eigenvalue weighted by molar-refractivity contribution is 7.89. The van der Waals surface area contributed by atoms with Gasteiger partial charge in [0.2, 0.25) is 10.0 Å². The van der Waals surface area contributed by atoms with Gasteiger partial charge >= 0.3 is 0 Å². The maximum atomic E-state index is 12.4. The van der Waals surface area contributed by atoms with E-state index in [0.29, 0.717) is 6.54 Å². The van der Waals surface area contributed by atoms with Crippen LogP contribution < -0.4 is 5.32 Å². The van der Waals surface area contributed by atoms with Crippen LogP contribution in [0.4, 0.5) is 0 Å². The maximum absolute atomic E-state index is 12.4. The minimum Gasteiger partial charge on any atom is -0.315 e. The average Bonchev–Trinajstić information content (AvgIpc) is 2.83. The van der Waals surface area contributed by atoms with Crippen molar-refractivity contribution >= 4 is 10.0 Å². The number of hydrogen-bond donors (Lipinski definition) is 1. The quantitative estimate of drug-likeness (QED) is 0.829. The highest BCUT2D eigenvalue weighted by Gasteiger charge is 2.36. The lowest BCUT2D eigenvalue weighted by Crippen LogP contribution is -2.44. The number of nitrogens with zero attached hydrogens (tertiary/aromatic N) is 1. The summed E-state index contributed by atoms with van der Waals surface area (Å²) < 4.78 is 26.5. The Balaban J connectivity index is 2.00. The molecule has 1 N–H and O–H groups in total. The second-order valence-corrected chi connectivity index (χ2v) is 7.86. The molecule has 0 aromatic heterocycles. The molecule has 1 saturated carbocycles. The molecular formula is C12H24N2O2S. The lowest BCUT2D eigenvalue weighted by molar-refractivity contribution is 0.244. The van der Waals surface area contributed by atoms with Crippen molar-refractivity contribution < 1.29 is 8.42 Å². The van der Waals surface area contributed by atoms with Crippen molar-refractivity contribution in [3.05, 3.63) is 0 Å². The topological polar surface area (TPSA) is 49.4 Å². The zero-order chi connectivity index (χ0) is 12.5. The molecule has 1 atom stereocenters. The van der Waals surface area contributed by atoms with Gasteiger partial charge in [0.1, 0.15) is 0 Å². The SMILES string of the molecule is CC1CCC(N(C)S(=O)(=O)C2CCNC2)CC1. The molecule has 0 spiro atoms. The Morgan fingerprint density at radius 3 is 2.29 bits per heavy atom. The molecule has 1 aliphatic heterocycles. The molecule has 2 aliphatic rings. The summed E-state index contributed by atoms with van der Waals surface area (Å²) in [5.41, 5.74) is 0. The molecule has 4 nitrogen and oxygen atoms in total. The molecule has 5 heteroatoms. The van der Waals surface area contributed by atoms with E-state index in [9.17, 15) is 8.42 Å². The average molecular weight is 260 g/mol. The van der Waals surface area contributed by atoms with E-state index in [1.165, 1.54) is 0 Å². The van der Waals surface area contributed by atoms with Crippen LogP contribution >= 0.6 is 0 Å². The van der Waals surface area contributed by atoms with E-state index in [-0.39, 0.29) is 11.3 Å². The van der Waals surface area contributed by atoms with E-state index >= 15 is 0 Å². The van der Waals surface area contributed by atoms with Crippen molar-refractivity contribution in [1.82, 2.24) is 9.62 Å². The fourth-order valence-electron chi connectivity index (χ4n) is 2.93. The largest absolute Gasteiger partial charge is 0.315 e. The molecule has 0 radical (unpaired) electrons. The molecule has 17 heavy (non-hydrogen) atoms. The number of hydrogen-bond acceptors (Lipinski definition) is 3. The summed E-state index contributed by atoms with van der Waals surface area (Å²) in [7, 11) is -1.31. The summed E-state index contributed by atoms with van der Waals surface area (Å²) in [5, 5.41) is 2.94. The van der Waals surface area contributed by atoms with Crippen molar-refractivity contribution in [2.24, 2.45) is 5.92 Å². The van der Waals surface area contributed by atoms with Crippen molar-refractivity contribution in [3.8, 4) is 0 Å². The van der Waals surface area contributed by atoms with Crippen LogP contribution in [0, 0.1) is 5.92 Å². The lowest BCUT2D eigenvalue weighted by Gasteiger charge is -2.34. The van der Waals surface area contributed by atoms with Gasteiger partial charge in [-0.1, -0.05) is 6.92 Å². The molecule has 0 bridgehead atoms. The predicted octanol–water partition coefficient (Wildman–Crippen LogP) is 1.19. The molecule has 2 rings (SSSR count). The van der Waals surface area contributed by atoms with E-state index in [0.717, 1.165) is 44.6 Å². The van der Waals surface area contributed by atoms with Gasteiger partial charge in [0, 0.05) is 19.6 Å². The smallest absolute Gasteiger partial charge is 0.218 e. The first-order chi connectivity index (χ1) is 8.01. The van der Waals surface area contributed by atoms with Crippen LogP contribution in [0.2, 0.25) is 0 Å². The van der Waals surface area contributed by atoms with Crippen molar-refractivity contribution in [2.45, 2.75) is 50.3 Å². The first-order valence-corrected chi connectivity index (χ1v) is 8.19. The van der Waals surface area contributed by atoms with Crippen LogP contribution in [0.1, 0.15) is 39.0 Å². The molecule has 0 aromatic carbocycles. The van der Waals surface area contributed by atoms with Crippen LogP contribution in [0.5, 0.6) is 0 Å². The summed E-state index contributed by atoms with van der Waals surface area (Å²) in [4.78, 5) is 0. The monoisotopic (exact) mass is 260 g/mol. The van der Waals surface area contributed by atoms with E-state index in [2.05, 4.69) is 12.2 Å². The van der Waals surface area contributed by atoms with Gasteiger partial charge in [-0.05, 0) is 44.6 Å². The van der Waals surface area contributed by atoms with Crippen LogP contribution in [0.3, 0.4) is 0 Å². The summed E-state index contributed by atoms with van der Waals surface area (Å²) in [6, 6.07) is 0.233. The van der Waals surface area contributed by atoms with Gasteiger partial charge in [-0.2, -0.15) is 0 Å². The Morgan fingerprint density at radius 1 is 1.12 bits per heavy atom. The summed E-state index contributed by atoms with van der Waals surface area (Å²) in [5.74, 6) is 0.760. The van der Waals surface area contributed by atoms with Crippen molar-refractivity contribution in [3.63, 3.8) is 0 Å². The van der Waals surface area contributed by atoms with Gasteiger partial charge in [-0.3, -0.25) is 0 Å². The van der Waals surface area contributed by atoms with E-state index in [1.807, 2.05) is 0 Å². The normalized spacial score (nSPS) is 35.4. The predicted molar refractivity (Wildman–Crippen MR) is 69.4 cm³/mol. The fraction of sp³-hybridized carbons (Fsp3) is 1.00. The third-order valence-corrected chi connectivity index (χ3v) is 6.68. The summed E-state index contributed by atoms with van der Waals surface area (Å²) in [6.45, 7) is 3.71. The fourth-order valence-corrected chi connectivity index (χ4v) is 4.77. The zero-order valence-corrected chi connectivity index (χ0v) is 11.7. The van der Waals surface area contributed by atoms with E-state index in [4.69, 9.17) is 0 Å². The van der Waals surface area contributed by atoms with Crippen LogP contribution in [0.25, 0.3) is 0 Å². The minimum absolute atomic E-state index is 0.202. The first kappa shape index (κ1) is 13.3. The Hall–Kier alpha value is -0.130. The number of nitrogens with one attached hydrogen (secondary N) is 1. The summed E-state index contributed by atoms with van der Waals surface area (Å²) >= 11 is 0. The summed E-state index contributed by atoms with van der Waals surface area (Å²) in [6.07, 6.45) is 5.13. The van der Waals surface area contributed by atoms with Crippen LogP contribution in [0.15, 0.2) is 0 Å². The van der Waals surface area contributed by atoms with Gasteiger partial charge in [-0.15, -0.1) is 0 Å². The third kappa shape index (κ3) is 2.83. The lowest BCUT2D eigenvalue weighted by atomic mass is 9.87. The maximum Gasteiger partial charge on any atom is 0.218 e. The second-order valence-electron chi connectivity index (χ2n) is 5.59. The Kier molecular flexibility index (Phi) is 4.10. The Bertz CT molecular complexity index is 342. The molecule has 0 amide bonds. The Morgan fingerprint density at radius 2 is 1.76 bits per heavy atom. The van der Waals surface area contributed by atoms with Gasteiger partial charge < -0.3 is 5.32 Å². The standard InChI is InChI=1S/C12H24N2O2S/c1-10-3-5-11(6-4-10)14(2)17(15,16)12-7-8-13-9-12/h10-13H,3-9H2,1-2H3. The molecule has 100 valence electrons. The minimum atomic E-state index is -3.08. The van der Waals surface area contributed by atoms with E-state index in [1.54, 1.807) is 11.4 Å². The molecular weight excluding hydrogens is 236 g/mol. The highest BCUT2D eigenvalue weighted by atomic mass is 32.2. The van der Waals surface area contributed by atoms with Gasteiger partial charge in [-0.25, -0.2) is 12.7 Å². The Labute approximate surface area is 105 Å². The van der Waals surface area contributed by atoms with Crippen molar-refractivity contribution in [1.29, 1.82) is 0 Å². The van der Waals surface area contributed by atoms with Crippen molar-refractivity contribution in [2.75, 3.05) is 20.1 Å². The molecule has 1 saturated heterocycles. The highest BCUT2D eigenvalue weighted by Crippen LogP contribution is 2.29. The molecule has 0 aromatic rings. The van der Waals surface area contributed by atoms with Gasteiger partial charge in [0.25, 0.3) is 0 Å². The number of rotatable bonds is 3. The molecule has 2 fully saturated rings. The molecule has 1 unspecified atom stereocenters. The second kappa shape index (κ2) is 5.24. The number of sulfonamides is 1. The van der Waals surface area contributed by atoms with Crippen LogP contribution in [-0.2, 0) is 10.0 Å². The van der Waals surface area contributed by atoms with Gasteiger partial charge in [0.15, 0.2) is 0 Å². The first-order valence-electron chi connectivity index (χ1n) is 6.69.